The predicted octanol–water partition coefficient (Wildman–Crippen LogP) is 3.33. The van der Waals surface area contributed by atoms with Crippen molar-refractivity contribution in [3.8, 4) is 0 Å². The molecule has 21 heavy (non-hydrogen) atoms. The second-order valence-electron chi connectivity index (χ2n) is 5.27. The molecule has 1 fully saturated rings. The Kier molecular flexibility index (Phi) is 4.08. The van der Waals surface area contributed by atoms with Gasteiger partial charge in [0.1, 0.15) is 5.56 Å². The van der Waals surface area contributed by atoms with E-state index in [1.165, 1.54) is 6.07 Å². The Morgan fingerprint density at radius 1 is 1.33 bits per heavy atom. The van der Waals surface area contributed by atoms with Gasteiger partial charge in [0.15, 0.2) is 0 Å². The maximum atomic E-state index is 12.8. The van der Waals surface area contributed by atoms with Crippen LogP contribution < -0.4 is 5.32 Å². The third-order valence-corrected chi connectivity index (χ3v) is 3.65. The van der Waals surface area contributed by atoms with Gasteiger partial charge in [0.2, 0.25) is 0 Å². The van der Waals surface area contributed by atoms with Crippen molar-refractivity contribution in [1.82, 2.24) is 0 Å². The lowest BCUT2D eigenvalue weighted by Crippen LogP contribution is -2.33. The summed E-state index contributed by atoms with van der Waals surface area (Å²) in [4.78, 5) is 9.58. The second-order valence-corrected chi connectivity index (χ2v) is 5.27. The van der Waals surface area contributed by atoms with Crippen molar-refractivity contribution in [2.45, 2.75) is 37.5 Å². The van der Waals surface area contributed by atoms with Gasteiger partial charge in [-0.2, -0.15) is 13.2 Å². The fourth-order valence-corrected chi connectivity index (χ4v) is 2.51. The molecule has 0 aromatic heterocycles. The number of aliphatic hydroxyl groups is 1. The summed E-state index contributed by atoms with van der Waals surface area (Å²) in [5, 5.41) is 23.5. The Labute approximate surface area is 118 Å². The third kappa shape index (κ3) is 3.63. The molecule has 2 N–H and O–H groups in total. The van der Waals surface area contributed by atoms with Gasteiger partial charge in [-0.05, 0) is 25.0 Å². The van der Waals surface area contributed by atoms with E-state index in [1.54, 1.807) is 0 Å². The number of hydrogen-bond donors (Lipinski definition) is 2. The van der Waals surface area contributed by atoms with Crippen molar-refractivity contribution in [2.24, 2.45) is 0 Å². The van der Waals surface area contributed by atoms with Crippen LogP contribution in [-0.4, -0.2) is 22.2 Å². The lowest BCUT2D eigenvalue weighted by Gasteiger charge is -2.23. The molecular formula is C13H15F3N2O3. The standard InChI is InChI=1S/C13H15F3N2O3/c14-13(15,16)10-7-9(3-4-11(10)18(20)21)17-8-12(19)5-1-2-6-12/h3-4,7,17,19H,1-2,5-6,8H2. The van der Waals surface area contributed by atoms with Crippen LogP contribution >= 0.6 is 0 Å². The van der Waals surface area contributed by atoms with Gasteiger partial charge in [-0.1, -0.05) is 12.8 Å². The van der Waals surface area contributed by atoms with E-state index >= 15 is 0 Å². The molecule has 0 radical (unpaired) electrons. The molecule has 0 amide bonds. The van der Waals surface area contributed by atoms with Crippen LogP contribution in [0.5, 0.6) is 0 Å². The zero-order chi connectivity index (χ0) is 15.7. The summed E-state index contributed by atoms with van der Waals surface area (Å²) in [5.74, 6) is 0. The molecule has 8 heteroatoms. The molecule has 0 atom stereocenters. The highest BCUT2D eigenvalue weighted by Gasteiger charge is 2.38. The van der Waals surface area contributed by atoms with Crippen LogP contribution in [0.1, 0.15) is 31.2 Å². The van der Waals surface area contributed by atoms with Crippen LogP contribution in [0.2, 0.25) is 0 Å². The molecule has 116 valence electrons. The molecule has 1 saturated carbocycles. The van der Waals surface area contributed by atoms with E-state index in [0.717, 1.165) is 18.9 Å². The van der Waals surface area contributed by atoms with Crippen LogP contribution in [0.25, 0.3) is 0 Å². The Morgan fingerprint density at radius 3 is 2.48 bits per heavy atom. The SMILES string of the molecule is O=[N+]([O-])c1ccc(NCC2(O)CCCC2)cc1C(F)(F)F. The highest BCUT2D eigenvalue weighted by molar-refractivity contribution is 5.55. The van der Waals surface area contributed by atoms with E-state index in [-0.39, 0.29) is 12.2 Å². The molecule has 1 aromatic carbocycles. The van der Waals surface area contributed by atoms with E-state index in [0.29, 0.717) is 18.9 Å². The number of nitro groups is 1. The Bertz CT molecular complexity index is 540. The third-order valence-electron chi connectivity index (χ3n) is 3.65. The fraction of sp³-hybridized carbons (Fsp3) is 0.538. The maximum Gasteiger partial charge on any atom is 0.423 e. The van der Waals surface area contributed by atoms with Crippen molar-refractivity contribution < 1.29 is 23.2 Å². The average molecular weight is 304 g/mol. The Hall–Kier alpha value is -1.83. The lowest BCUT2D eigenvalue weighted by molar-refractivity contribution is -0.388. The lowest BCUT2D eigenvalue weighted by atomic mass is 10.0. The number of halogens is 3. The van der Waals surface area contributed by atoms with Crippen molar-refractivity contribution >= 4 is 11.4 Å². The highest BCUT2D eigenvalue weighted by Crippen LogP contribution is 2.38. The van der Waals surface area contributed by atoms with Gasteiger partial charge in [0, 0.05) is 18.3 Å². The quantitative estimate of drug-likeness (QED) is 0.661. The first-order valence-electron chi connectivity index (χ1n) is 6.53. The topological polar surface area (TPSA) is 75.4 Å². The Balaban J connectivity index is 2.19. The number of nitro benzene ring substituents is 1. The van der Waals surface area contributed by atoms with Crippen molar-refractivity contribution in [1.29, 1.82) is 0 Å². The molecule has 1 aromatic rings. The zero-order valence-electron chi connectivity index (χ0n) is 11.1. The summed E-state index contributed by atoms with van der Waals surface area (Å²) >= 11 is 0. The summed E-state index contributed by atoms with van der Waals surface area (Å²) < 4.78 is 38.5. The molecule has 0 unspecified atom stereocenters. The van der Waals surface area contributed by atoms with E-state index in [2.05, 4.69) is 5.32 Å². The van der Waals surface area contributed by atoms with Crippen molar-refractivity contribution in [3.63, 3.8) is 0 Å². The van der Waals surface area contributed by atoms with Crippen LogP contribution in [0.4, 0.5) is 24.5 Å². The first-order chi connectivity index (χ1) is 9.71. The monoisotopic (exact) mass is 304 g/mol. The molecule has 1 aliphatic carbocycles. The summed E-state index contributed by atoms with van der Waals surface area (Å²) in [5.41, 5.74) is -3.09. The van der Waals surface area contributed by atoms with Crippen LogP contribution in [0.3, 0.4) is 0 Å². The fourth-order valence-electron chi connectivity index (χ4n) is 2.51. The summed E-state index contributed by atoms with van der Waals surface area (Å²) in [6.45, 7) is 0.127. The second kappa shape index (κ2) is 5.51. The summed E-state index contributed by atoms with van der Waals surface area (Å²) in [7, 11) is 0. The molecule has 1 aliphatic rings. The molecule has 0 bridgehead atoms. The van der Waals surface area contributed by atoms with E-state index < -0.39 is 28.0 Å². The molecule has 2 rings (SSSR count). The number of hydrogen-bond acceptors (Lipinski definition) is 4. The van der Waals surface area contributed by atoms with Crippen LogP contribution in [0.15, 0.2) is 18.2 Å². The minimum absolute atomic E-state index is 0.105. The normalized spacial score (nSPS) is 17.7. The highest BCUT2D eigenvalue weighted by atomic mass is 19.4. The van der Waals surface area contributed by atoms with Crippen LogP contribution in [-0.2, 0) is 6.18 Å². The largest absolute Gasteiger partial charge is 0.423 e. The van der Waals surface area contributed by atoms with Crippen molar-refractivity contribution in [2.75, 3.05) is 11.9 Å². The molecule has 0 spiro atoms. The number of nitrogens with zero attached hydrogens (tertiary/aromatic N) is 1. The van der Waals surface area contributed by atoms with Crippen LogP contribution in [0, 0.1) is 10.1 Å². The van der Waals surface area contributed by atoms with Gasteiger partial charge in [0.05, 0.1) is 10.5 Å². The number of anilines is 1. The van der Waals surface area contributed by atoms with Gasteiger partial charge >= 0.3 is 6.18 Å². The maximum absolute atomic E-state index is 12.8. The van der Waals surface area contributed by atoms with Gasteiger partial charge in [0.25, 0.3) is 5.69 Å². The van der Waals surface area contributed by atoms with Gasteiger partial charge in [-0.3, -0.25) is 10.1 Å². The number of benzene rings is 1. The van der Waals surface area contributed by atoms with Gasteiger partial charge < -0.3 is 10.4 Å². The van der Waals surface area contributed by atoms with E-state index in [4.69, 9.17) is 0 Å². The number of nitrogens with one attached hydrogen (secondary N) is 1. The first kappa shape index (κ1) is 15.6. The van der Waals surface area contributed by atoms with E-state index in [9.17, 15) is 28.4 Å². The number of rotatable bonds is 4. The summed E-state index contributed by atoms with van der Waals surface area (Å²) in [6.07, 6.45) is -1.85. The van der Waals surface area contributed by atoms with Gasteiger partial charge in [-0.15, -0.1) is 0 Å². The number of alkyl halides is 3. The molecule has 0 aliphatic heterocycles. The molecule has 5 nitrogen and oxygen atoms in total. The van der Waals surface area contributed by atoms with E-state index in [1.807, 2.05) is 0 Å². The minimum atomic E-state index is -4.80. The minimum Gasteiger partial charge on any atom is -0.388 e. The smallest absolute Gasteiger partial charge is 0.388 e. The molecule has 0 heterocycles. The van der Waals surface area contributed by atoms with Gasteiger partial charge in [-0.25, -0.2) is 0 Å². The average Bonchev–Trinajstić information content (AvgIpc) is 2.82. The first-order valence-corrected chi connectivity index (χ1v) is 6.53. The Morgan fingerprint density at radius 2 is 1.95 bits per heavy atom. The van der Waals surface area contributed by atoms with Crippen molar-refractivity contribution in [3.05, 3.63) is 33.9 Å². The zero-order valence-corrected chi connectivity index (χ0v) is 11.1. The molecule has 0 saturated heterocycles. The predicted molar refractivity (Wildman–Crippen MR) is 70.0 cm³/mol. The summed E-state index contributed by atoms with van der Waals surface area (Å²) in [6, 6.07) is 2.74. The molecular weight excluding hydrogens is 289 g/mol.